The number of amides is 2. The standard InChI is InChI=1S/C26H26F3N9O3S/c1-15-22(38-14-21(34-35-38)23-13-31-25(42-23)32-16(2)39)10-18(12-30-15)33-24(40)17-8-19(37-6-4-36(3)5-7-37)11-20(9-17)41-26(27,28)29/h8-14H,4-7H2,1-3H3,(H,33,40)(H,31,32,39). The number of thiazole rings is 1. The van der Waals surface area contributed by atoms with E-state index >= 15 is 0 Å². The van der Waals surface area contributed by atoms with Crippen LogP contribution in [0.1, 0.15) is 23.0 Å². The molecule has 0 radical (unpaired) electrons. The van der Waals surface area contributed by atoms with E-state index in [1.54, 1.807) is 31.5 Å². The number of nitrogens with one attached hydrogen (secondary N) is 2. The zero-order valence-corrected chi connectivity index (χ0v) is 23.6. The van der Waals surface area contributed by atoms with Gasteiger partial charge < -0.3 is 25.2 Å². The minimum absolute atomic E-state index is 0.00369. The SMILES string of the molecule is CC(=O)Nc1ncc(-c2cn(-c3cc(NC(=O)c4cc(OC(F)(F)F)cc(N5CCN(C)CC5)c4)cnc3C)nn2)s1. The van der Waals surface area contributed by atoms with Gasteiger partial charge in [-0.15, -0.1) is 18.3 Å². The summed E-state index contributed by atoms with van der Waals surface area (Å²) in [4.78, 5) is 37.7. The van der Waals surface area contributed by atoms with Gasteiger partial charge in [-0.3, -0.25) is 14.6 Å². The molecule has 12 nitrogen and oxygen atoms in total. The van der Waals surface area contributed by atoms with E-state index in [9.17, 15) is 22.8 Å². The number of halogens is 3. The molecule has 42 heavy (non-hydrogen) atoms. The Hall–Kier alpha value is -4.57. The molecule has 1 aromatic carbocycles. The van der Waals surface area contributed by atoms with Crippen LogP contribution in [0.15, 0.2) is 42.9 Å². The molecule has 4 heterocycles. The number of rotatable bonds is 7. The lowest BCUT2D eigenvalue weighted by Crippen LogP contribution is -2.44. The van der Waals surface area contributed by atoms with Gasteiger partial charge in [0.05, 0.1) is 34.3 Å². The molecular weight excluding hydrogens is 575 g/mol. The average Bonchev–Trinajstić information content (AvgIpc) is 3.58. The van der Waals surface area contributed by atoms with E-state index in [0.29, 0.717) is 51.5 Å². The molecule has 2 amide bonds. The fourth-order valence-electron chi connectivity index (χ4n) is 4.27. The Bertz CT molecular complexity index is 1610. The first-order chi connectivity index (χ1) is 19.9. The topological polar surface area (TPSA) is 130 Å². The number of likely N-dealkylation sites (N-methyl/N-ethyl adjacent to an activating group) is 1. The van der Waals surface area contributed by atoms with E-state index < -0.39 is 18.0 Å². The summed E-state index contributed by atoms with van der Waals surface area (Å²) in [5.41, 5.74) is 2.37. The number of hydrogen-bond acceptors (Lipinski definition) is 10. The van der Waals surface area contributed by atoms with Crippen LogP contribution in [0.25, 0.3) is 16.3 Å². The lowest BCUT2D eigenvalue weighted by atomic mass is 10.1. The van der Waals surface area contributed by atoms with E-state index in [0.717, 1.165) is 19.2 Å². The fraction of sp³-hybridized carbons (Fsp3) is 0.308. The van der Waals surface area contributed by atoms with Crippen molar-refractivity contribution in [3.05, 3.63) is 54.1 Å². The van der Waals surface area contributed by atoms with Crippen LogP contribution in [0, 0.1) is 6.92 Å². The van der Waals surface area contributed by atoms with Crippen LogP contribution in [-0.2, 0) is 4.79 Å². The van der Waals surface area contributed by atoms with Crippen molar-refractivity contribution >= 4 is 39.7 Å². The summed E-state index contributed by atoms with van der Waals surface area (Å²) in [6.07, 6.45) is -0.249. The number of pyridine rings is 1. The Labute approximate surface area is 242 Å². The molecule has 0 saturated carbocycles. The molecule has 1 fully saturated rings. The van der Waals surface area contributed by atoms with Crippen molar-refractivity contribution < 1.29 is 27.5 Å². The third-order valence-electron chi connectivity index (χ3n) is 6.35. The second-order valence-electron chi connectivity index (χ2n) is 9.60. The normalized spacial score (nSPS) is 14.1. The maximum Gasteiger partial charge on any atom is 0.573 e. The summed E-state index contributed by atoms with van der Waals surface area (Å²) >= 11 is 1.23. The molecule has 1 aliphatic heterocycles. The van der Waals surface area contributed by atoms with E-state index in [4.69, 9.17) is 0 Å². The highest BCUT2D eigenvalue weighted by atomic mass is 32.1. The summed E-state index contributed by atoms with van der Waals surface area (Å²) < 4.78 is 44.9. The number of carbonyl (C=O) groups excluding carboxylic acids is 2. The number of nitrogens with zero attached hydrogens (tertiary/aromatic N) is 7. The Morgan fingerprint density at radius 1 is 1.02 bits per heavy atom. The van der Waals surface area contributed by atoms with E-state index in [2.05, 4.69) is 40.6 Å². The van der Waals surface area contributed by atoms with Gasteiger partial charge in [0.2, 0.25) is 5.91 Å². The first-order valence-electron chi connectivity index (χ1n) is 12.7. The molecule has 1 aliphatic rings. The Morgan fingerprint density at radius 2 is 1.79 bits per heavy atom. The molecule has 2 N–H and O–H groups in total. The first kappa shape index (κ1) is 28.9. The third kappa shape index (κ3) is 7.01. The molecule has 3 aromatic heterocycles. The van der Waals surface area contributed by atoms with Crippen molar-refractivity contribution in [1.82, 2.24) is 29.9 Å². The number of aromatic nitrogens is 5. The van der Waals surface area contributed by atoms with Crippen LogP contribution in [-0.4, -0.2) is 81.3 Å². The van der Waals surface area contributed by atoms with Crippen molar-refractivity contribution in [1.29, 1.82) is 0 Å². The number of carbonyl (C=O) groups is 2. The van der Waals surface area contributed by atoms with E-state index in [1.165, 1.54) is 35.2 Å². The van der Waals surface area contributed by atoms with Crippen molar-refractivity contribution in [2.75, 3.05) is 48.8 Å². The lowest BCUT2D eigenvalue weighted by molar-refractivity contribution is -0.274. The van der Waals surface area contributed by atoms with Gasteiger partial charge in [0.25, 0.3) is 5.91 Å². The minimum atomic E-state index is -4.91. The predicted octanol–water partition coefficient (Wildman–Crippen LogP) is 3.96. The molecule has 5 rings (SSSR count). The van der Waals surface area contributed by atoms with Crippen molar-refractivity contribution in [3.63, 3.8) is 0 Å². The molecule has 1 saturated heterocycles. The molecule has 0 atom stereocenters. The van der Waals surface area contributed by atoms with Gasteiger partial charge in [-0.2, -0.15) is 0 Å². The molecule has 0 unspecified atom stereocenters. The lowest BCUT2D eigenvalue weighted by Gasteiger charge is -2.34. The zero-order chi connectivity index (χ0) is 30.0. The number of alkyl halides is 3. The maximum absolute atomic E-state index is 13.2. The highest BCUT2D eigenvalue weighted by Gasteiger charge is 2.32. The quantitative estimate of drug-likeness (QED) is 0.323. The van der Waals surface area contributed by atoms with Crippen LogP contribution in [0.4, 0.5) is 29.7 Å². The van der Waals surface area contributed by atoms with Gasteiger partial charge in [0.15, 0.2) is 5.13 Å². The van der Waals surface area contributed by atoms with Gasteiger partial charge in [0, 0.05) is 56.6 Å². The number of aryl methyl sites for hydroxylation is 1. The van der Waals surface area contributed by atoms with E-state index in [-0.39, 0.29) is 11.5 Å². The monoisotopic (exact) mass is 601 g/mol. The van der Waals surface area contributed by atoms with Crippen LogP contribution in [0.2, 0.25) is 0 Å². The van der Waals surface area contributed by atoms with Crippen molar-refractivity contribution in [2.24, 2.45) is 0 Å². The van der Waals surface area contributed by atoms with E-state index in [1.807, 2.05) is 11.9 Å². The third-order valence-corrected chi connectivity index (χ3v) is 7.29. The Kier molecular flexibility index (Phi) is 8.08. The molecule has 0 bridgehead atoms. The number of ether oxygens (including phenoxy) is 1. The van der Waals surface area contributed by atoms with Gasteiger partial charge >= 0.3 is 6.36 Å². The highest BCUT2D eigenvalue weighted by molar-refractivity contribution is 7.19. The Balaban J connectivity index is 1.38. The summed E-state index contributed by atoms with van der Waals surface area (Å²) in [5.74, 6) is -1.36. The summed E-state index contributed by atoms with van der Waals surface area (Å²) in [6, 6.07) is 5.51. The summed E-state index contributed by atoms with van der Waals surface area (Å²) in [7, 11) is 1.97. The fourth-order valence-corrected chi connectivity index (χ4v) is 5.09. The number of anilines is 3. The van der Waals surface area contributed by atoms with Crippen LogP contribution in [0.5, 0.6) is 5.75 Å². The molecule has 0 spiro atoms. The summed E-state index contributed by atoms with van der Waals surface area (Å²) in [5, 5.41) is 14.1. The molecular formula is C26H26F3N9O3S. The number of benzene rings is 1. The van der Waals surface area contributed by atoms with Crippen LogP contribution >= 0.6 is 11.3 Å². The van der Waals surface area contributed by atoms with Gasteiger partial charge in [-0.1, -0.05) is 16.6 Å². The Morgan fingerprint density at radius 3 is 2.50 bits per heavy atom. The first-order valence-corrected chi connectivity index (χ1v) is 13.5. The molecule has 0 aliphatic carbocycles. The largest absolute Gasteiger partial charge is 0.573 e. The van der Waals surface area contributed by atoms with Crippen LogP contribution < -0.4 is 20.3 Å². The second-order valence-corrected chi connectivity index (χ2v) is 10.6. The van der Waals surface area contributed by atoms with Crippen molar-refractivity contribution in [3.8, 4) is 22.0 Å². The summed E-state index contributed by atoms with van der Waals surface area (Å²) in [6.45, 7) is 5.78. The predicted molar refractivity (Wildman–Crippen MR) is 150 cm³/mol. The minimum Gasteiger partial charge on any atom is -0.406 e. The van der Waals surface area contributed by atoms with Crippen molar-refractivity contribution in [2.45, 2.75) is 20.2 Å². The number of hydrogen-bond donors (Lipinski definition) is 2. The van der Waals surface area contributed by atoms with Gasteiger partial charge in [-0.05, 0) is 32.2 Å². The smallest absolute Gasteiger partial charge is 0.406 e. The molecule has 16 heteroatoms. The molecule has 4 aromatic rings. The van der Waals surface area contributed by atoms with Gasteiger partial charge in [0.1, 0.15) is 11.4 Å². The average molecular weight is 602 g/mol. The maximum atomic E-state index is 13.2. The second kappa shape index (κ2) is 11.7. The van der Waals surface area contributed by atoms with Gasteiger partial charge in [-0.25, -0.2) is 9.67 Å². The highest BCUT2D eigenvalue weighted by Crippen LogP contribution is 2.31. The van der Waals surface area contributed by atoms with Crippen LogP contribution in [0.3, 0.4) is 0 Å². The zero-order valence-electron chi connectivity index (χ0n) is 22.8. The molecule has 220 valence electrons. The number of piperazine rings is 1.